The highest BCUT2D eigenvalue weighted by molar-refractivity contribution is 7.22. The fourth-order valence-electron chi connectivity index (χ4n) is 2.29. The zero-order valence-electron chi connectivity index (χ0n) is 13.3. The molecule has 4 nitrogen and oxygen atoms in total. The Kier molecular flexibility index (Phi) is 4.30. The van der Waals surface area contributed by atoms with Crippen molar-refractivity contribution in [3.05, 3.63) is 53.6 Å². The normalized spacial score (nSPS) is 11.0. The van der Waals surface area contributed by atoms with Crippen LogP contribution in [0, 0.1) is 6.92 Å². The van der Waals surface area contributed by atoms with Crippen LogP contribution >= 0.6 is 11.3 Å². The molecule has 0 saturated carbocycles. The maximum atomic E-state index is 12.4. The van der Waals surface area contributed by atoms with Crippen LogP contribution in [0.4, 0.5) is 5.13 Å². The van der Waals surface area contributed by atoms with E-state index >= 15 is 0 Å². The van der Waals surface area contributed by atoms with Crippen LogP contribution in [-0.2, 0) is 0 Å². The smallest absolute Gasteiger partial charge is 0.257 e. The first-order chi connectivity index (χ1) is 11.0. The lowest BCUT2D eigenvalue weighted by molar-refractivity contribution is 0.102. The molecule has 1 N–H and O–H groups in total. The fraction of sp³-hybridized carbons (Fsp3) is 0.222. The first-order valence-electron chi connectivity index (χ1n) is 7.47. The molecule has 0 bridgehead atoms. The fourth-order valence-corrected chi connectivity index (χ4v) is 3.23. The number of ether oxygens (including phenoxy) is 1. The number of aromatic nitrogens is 1. The van der Waals surface area contributed by atoms with Crippen molar-refractivity contribution in [2.24, 2.45) is 0 Å². The van der Waals surface area contributed by atoms with E-state index < -0.39 is 0 Å². The summed E-state index contributed by atoms with van der Waals surface area (Å²) in [5.74, 6) is 0.503. The lowest BCUT2D eigenvalue weighted by Gasteiger charge is -2.10. The van der Waals surface area contributed by atoms with E-state index in [2.05, 4.69) is 10.3 Å². The number of hydrogen-bond acceptors (Lipinski definition) is 4. The first kappa shape index (κ1) is 15.5. The summed E-state index contributed by atoms with van der Waals surface area (Å²) >= 11 is 1.47. The van der Waals surface area contributed by atoms with Crippen LogP contribution in [0.2, 0.25) is 0 Å². The highest BCUT2D eigenvalue weighted by Crippen LogP contribution is 2.28. The number of thiazole rings is 1. The second kappa shape index (κ2) is 6.38. The van der Waals surface area contributed by atoms with Crippen molar-refractivity contribution in [3.63, 3.8) is 0 Å². The molecule has 0 fully saturated rings. The molecular formula is C18H18N2O2S. The number of carbonyl (C=O) groups is 1. The number of carbonyl (C=O) groups excluding carboxylic acids is 1. The van der Waals surface area contributed by atoms with Crippen LogP contribution in [0.15, 0.2) is 42.5 Å². The van der Waals surface area contributed by atoms with Gasteiger partial charge in [0.05, 0.1) is 16.3 Å². The average Bonchev–Trinajstić information content (AvgIpc) is 2.91. The largest absolute Gasteiger partial charge is 0.491 e. The van der Waals surface area contributed by atoms with Crippen molar-refractivity contribution in [1.82, 2.24) is 4.98 Å². The molecule has 2 aromatic carbocycles. The monoisotopic (exact) mass is 326 g/mol. The summed E-state index contributed by atoms with van der Waals surface area (Å²) in [6, 6.07) is 13.2. The van der Waals surface area contributed by atoms with Gasteiger partial charge in [0.25, 0.3) is 5.91 Å². The lowest BCUT2D eigenvalue weighted by Crippen LogP contribution is -2.12. The number of amides is 1. The minimum absolute atomic E-state index is 0.0700. The summed E-state index contributed by atoms with van der Waals surface area (Å²) in [5.41, 5.74) is 2.59. The van der Waals surface area contributed by atoms with Gasteiger partial charge in [0.1, 0.15) is 5.75 Å². The molecule has 3 rings (SSSR count). The highest BCUT2D eigenvalue weighted by atomic mass is 32.1. The third-order valence-electron chi connectivity index (χ3n) is 3.31. The number of nitrogens with one attached hydrogen (secondary N) is 1. The summed E-state index contributed by atoms with van der Waals surface area (Å²) in [7, 11) is 0. The topological polar surface area (TPSA) is 51.2 Å². The van der Waals surface area contributed by atoms with Gasteiger partial charge in [-0.2, -0.15) is 0 Å². The molecule has 3 aromatic rings. The number of nitrogens with zero attached hydrogens (tertiary/aromatic N) is 1. The molecule has 5 heteroatoms. The molecule has 1 amide bonds. The zero-order chi connectivity index (χ0) is 16.4. The highest BCUT2D eigenvalue weighted by Gasteiger charge is 2.12. The number of benzene rings is 2. The molecule has 118 valence electrons. The second-order valence-corrected chi connectivity index (χ2v) is 6.62. The molecule has 0 unspecified atom stereocenters. The van der Waals surface area contributed by atoms with E-state index in [-0.39, 0.29) is 12.0 Å². The molecule has 0 atom stereocenters. The van der Waals surface area contributed by atoms with Crippen LogP contribution in [0.1, 0.15) is 29.8 Å². The van der Waals surface area contributed by atoms with Crippen LogP contribution in [0.5, 0.6) is 5.75 Å². The van der Waals surface area contributed by atoms with E-state index in [0.29, 0.717) is 16.4 Å². The minimum Gasteiger partial charge on any atom is -0.491 e. The van der Waals surface area contributed by atoms with Crippen molar-refractivity contribution in [1.29, 1.82) is 0 Å². The summed E-state index contributed by atoms with van der Waals surface area (Å²) in [6.45, 7) is 5.92. The molecule has 0 spiro atoms. The summed E-state index contributed by atoms with van der Waals surface area (Å²) in [5, 5.41) is 3.47. The van der Waals surface area contributed by atoms with Gasteiger partial charge in [0.2, 0.25) is 0 Å². The van der Waals surface area contributed by atoms with Crippen LogP contribution in [0.25, 0.3) is 10.2 Å². The first-order valence-corrected chi connectivity index (χ1v) is 8.29. The standard InChI is InChI=1S/C18H18N2O2S/c1-11(2)22-14-8-5-7-13(10-14)17(21)20-18-19-16-12(3)6-4-9-15(16)23-18/h4-11H,1-3H3,(H,19,20,21). The number of para-hydroxylation sites is 1. The Bertz CT molecular complexity index is 855. The number of rotatable bonds is 4. The van der Waals surface area contributed by atoms with Crippen LogP contribution < -0.4 is 10.1 Å². The van der Waals surface area contributed by atoms with Crippen molar-refractivity contribution in [2.45, 2.75) is 26.9 Å². The second-order valence-electron chi connectivity index (χ2n) is 5.59. The van der Waals surface area contributed by atoms with Gasteiger partial charge in [-0.3, -0.25) is 10.1 Å². The maximum Gasteiger partial charge on any atom is 0.257 e. The van der Waals surface area contributed by atoms with Crippen LogP contribution in [0.3, 0.4) is 0 Å². The quantitative estimate of drug-likeness (QED) is 0.759. The van der Waals surface area contributed by atoms with Gasteiger partial charge in [-0.1, -0.05) is 29.5 Å². The third kappa shape index (κ3) is 3.51. The molecule has 1 heterocycles. The minimum atomic E-state index is -0.184. The maximum absolute atomic E-state index is 12.4. The third-order valence-corrected chi connectivity index (χ3v) is 4.25. The predicted molar refractivity (Wildman–Crippen MR) is 94.5 cm³/mol. The van der Waals surface area contributed by atoms with Gasteiger partial charge in [-0.15, -0.1) is 0 Å². The van der Waals surface area contributed by atoms with E-state index in [0.717, 1.165) is 15.8 Å². The van der Waals surface area contributed by atoms with E-state index in [4.69, 9.17) is 4.74 Å². The number of hydrogen-bond donors (Lipinski definition) is 1. The summed E-state index contributed by atoms with van der Waals surface area (Å²) in [4.78, 5) is 16.9. The van der Waals surface area contributed by atoms with Gasteiger partial charge < -0.3 is 4.74 Å². The van der Waals surface area contributed by atoms with Gasteiger partial charge >= 0.3 is 0 Å². The van der Waals surface area contributed by atoms with E-state index in [1.54, 1.807) is 12.1 Å². The van der Waals surface area contributed by atoms with Gasteiger partial charge in [-0.25, -0.2) is 4.98 Å². The number of aryl methyl sites for hydroxylation is 1. The van der Waals surface area contributed by atoms with Crippen molar-refractivity contribution in [3.8, 4) is 5.75 Å². The summed E-state index contributed by atoms with van der Waals surface area (Å²) in [6.07, 6.45) is 0.0700. The summed E-state index contributed by atoms with van der Waals surface area (Å²) < 4.78 is 6.69. The number of fused-ring (bicyclic) bond motifs is 1. The van der Waals surface area contributed by atoms with E-state index in [1.807, 2.05) is 51.1 Å². The molecule has 1 aromatic heterocycles. The molecule has 23 heavy (non-hydrogen) atoms. The Morgan fingerprint density at radius 3 is 2.74 bits per heavy atom. The molecule has 0 radical (unpaired) electrons. The molecule has 0 aliphatic heterocycles. The lowest BCUT2D eigenvalue weighted by atomic mass is 10.2. The Balaban J connectivity index is 1.81. The predicted octanol–water partition coefficient (Wildman–Crippen LogP) is 4.64. The van der Waals surface area contributed by atoms with Gasteiger partial charge in [-0.05, 0) is 50.6 Å². The SMILES string of the molecule is Cc1cccc2sc(NC(=O)c3cccc(OC(C)C)c3)nc12. The molecule has 0 saturated heterocycles. The van der Waals surface area contributed by atoms with Crippen molar-refractivity contribution in [2.75, 3.05) is 5.32 Å². The molecule has 0 aliphatic carbocycles. The van der Waals surface area contributed by atoms with Crippen LogP contribution in [-0.4, -0.2) is 17.0 Å². The Morgan fingerprint density at radius 1 is 1.22 bits per heavy atom. The Morgan fingerprint density at radius 2 is 2.00 bits per heavy atom. The van der Waals surface area contributed by atoms with E-state index in [1.165, 1.54) is 11.3 Å². The van der Waals surface area contributed by atoms with Crippen molar-refractivity contribution < 1.29 is 9.53 Å². The van der Waals surface area contributed by atoms with Gasteiger partial charge in [0, 0.05) is 5.56 Å². The zero-order valence-corrected chi connectivity index (χ0v) is 14.1. The average molecular weight is 326 g/mol. The van der Waals surface area contributed by atoms with Gasteiger partial charge in [0.15, 0.2) is 5.13 Å². The Hall–Kier alpha value is -2.40. The number of anilines is 1. The van der Waals surface area contributed by atoms with E-state index in [9.17, 15) is 4.79 Å². The molecule has 0 aliphatic rings. The Labute approximate surface area is 139 Å². The van der Waals surface area contributed by atoms with Crippen molar-refractivity contribution >= 4 is 32.6 Å². The molecular weight excluding hydrogens is 308 g/mol.